The van der Waals surface area contributed by atoms with Gasteiger partial charge in [0.15, 0.2) is 5.69 Å². The summed E-state index contributed by atoms with van der Waals surface area (Å²) in [7, 11) is 0. The number of hydrogen-bond acceptors (Lipinski definition) is 4. The van der Waals surface area contributed by atoms with Crippen LogP contribution in [0, 0.1) is 11.3 Å². The molecule has 0 bridgehead atoms. The molecule has 0 fully saturated rings. The van der Waals surface area contributed by atoms with Crippen molar-refractivity contribution < 1.29 is 4.79 Å². The first-order chi connectivity index (χ1) is 11.6. The molecule has 3 rings (SSSR count). The number of carbonyl (C=O) groups excluding carboxylic acids is 1. The van der Waals surface area contributed by atoms with Gasteiger partial charge in [-0.15, -0.1) is 0 Å². The Morgan fingerprint density at radius 1 is 1.17 bits per heavy atom. The second kappa shape index (κ2) is 6.44. The minimum Gasteiger partial charge on any atom is -0.382 e. The maximum absolute atomic E-state index is 12.4. The van der Waals surface area contributed by atoms with Crippen molar-refractivity contribution in [3.05, 3.63) is 70.9 Å². The third-order valence-corrected chi connectivity index (χ3v) is 3.60. The number of amides is 1. The van der Waals surface area contributed by atoms with Crippen molar-refractivity contribution in [2.24, 2.45) is 0 Å². The Balaban J connectivity index is 1.97. The van der Waals surface area contributed by atoms with E-state index in [0.29, 0.717) is 16.4 Å². The predicted octanol–water partition coefficient (Wildman–Crippen LogP) is 3.23. The minimum absolute atomic E-state index is 0.0327. The number of anilines is 2. The van der Waals surface area contributed by atoms with Crippen molar-refractivity contribution in [1.82, 2.24) is 9.78 Å². The molecule has 0 aliphatic carbocycles. The van der Waals surface area contributed by atoms with Gasteiger partial charge < -0.3 is 11.1 Å². The van der Waals surface area contributed by atoms with E-state index in [4.69, 9.17) is 17.3 Å². The highest BCUT2D eigenvalue weighted by atomic mass is 35.5. The SMILES string of the molecule is N#Cc1c(C(=O)Nc2ccc(Cl)cc2)nn(-c2ccccc2)c1N. The Hall–Kier alpha value is -3.30. The molecule has 0 aliphatic rings. The van der Waals surface area contributed by atoms with Gasteiger partial charge in [-0.05, 0) is 36.4 Å². The molecule has 0 atom stereocenters. The highest BCUT2D eigenvalue weighted by molar-refractivity contribution is 6.30. The number of nitrogens with one attached hydrogen (secondary N) is 1. The molecule has 1 aromatic heterocycles. The molecular formula is C17H12ClN5O. The van der Waals surface area contributed by atoms with Gasteiger partial charge in [0, 0.05) is 10.7 Å². The fourth-order valence-electron chi connectivity index (χ4n) is 2.19. The lowest BCUT2D eigenvalue weighted by atomic mass is 10.2. The van der Waals surface area contributed by atoms with Gasteiger partial charge in [-0.2, -0.15) is 10.4 Å². The summed E-state index contributed by atoms with van der Waals surface area (Å²) >= 11 is 5.82. The number of aromatic nitrogens is 2. The van der Waals surface area contributed by atoms with E-state index < -0.39 is 5.91 Å². The van der Waals surface area contributed by atoms with E-state index in [1.165, 1.54) is 4.68 Å². The van der Waals surface area contributed by atoms with Crippen LogP contribution in [-0.4, -0.2) is 15.7 Å². The fourth-order valence-corrected chi connectivity index (χ4v) is 2.32. The van der Waals surface area contributed by atoms with E-state index in [9.17, 15) is 10.1 Å². The van der Waals surface area contributed by atoms with Crippen molar-refractivity contribution >= 4 is 29.0 Å². The van der Waals surface area contributed by atoms with Crippen molar-refractivity contribution in [3.63, 3.8) is 0 Å². The number of nitrogen functional groups attached to an aromatic ring is 1. The van der Waals surface area contributed by atoms with Crippen LogP contribution in [0.2, 0.25) is 5.02 Å². The first-order valence-corrected chi connectivity index (χ1v) is 7.39. The molecule has 1 amide bonds. The topological polar surface area (TPSA) is 96.7 Å². The Morgan fingerprint density at radius 2 is 1.83 bits per heavy atom. The summed E-state index contributed by atoms with van der Waals surface area (Å²) in [6, 6.07) is 17.6. The third-order valence-electron chi connectivity index (χ3n) is 3.35. The Morgan fingerprint density at radius 3 is 2.46 bits per heavy atom. The number of para-hydroxylation sites is 1. The molecule has 0 saturated heterocycles. The number of benzene rings is 2. The van der Waals surface area contributed by atoms with Gasteiger partial charge in [0.05, 0.1) is 5.69 Å². The van der Waals surface area contributed by atoms with E-state index in [1.54, 1.807) is 36.4 Å². The number of nitrogens with two attached hydrogens (primary N) is 1. The van der Waals surface area contributed by atoms with Crippen LogP contribution in [0.5, 0.6) is 0 Å². The molecule has 3 N–H and O–H groups in total. The van der Waals surface area contributed by atoms with Crippen LogP contribution in [0.3, 0.4) is 0 Å². The first-order valence-electron chi connectivity index (χ1n) is 7.01. The van der Waals surface area contributed by atoms with Crippen molar-refractivity contribution in [2.45, 2.75) is 0 Å². The molecule has 0 aliphatic heterocycles. The average Bonchev–Trinajstić information content (AvgIpc) is 2.94. The molecule has 0 spiro atoms. The summed E-state index contributed by atoms with van der Waals surface area (Å²) in [5.41, 5.74) is 7.18. The molecule has 24 heavy (non-hydrogen) atoms. The fraction of sp³-hybridized carbons (Fsp3) is 0. The zero-order valence-corrected chi connectivity index (χ0v) is 13.2. The number of rotatable bonds is 3. The molecule has 3 aromatic rings. The Labute approximate surface area is 143 Å². The Bertz CT molecular complexity index is 926. The molecular weight excluding hydrogens is 326 g/mol. The molecule has 118 valence electrons. The van der Waals surface area contributed by atoms with Crippen LogP contribution in [0.1, 0.15) is 16.1 Å². The monoisotopic (exact) mass is 337 g/mol. The minimum atomic E-state index is -0.518. The van der Waals surface area contributed by atoms with E-state index in [2.05, 4.69) is 10.4 Å². The highest BCUT2D eigenvalue weighted by Crippen LogP contribution is 2.22. The first kappa shape index (κ1) is 15.6. The standard InChI is InChI=1S/C17H12ClN5O/c18-11-6-8-12(9-7-11)21-17(24)15-14(10-19)16(20)23(22-15)13-4-2-1-3-5-13/h1-9H,20H2,(H,21,24). The highest BCUT2D eigenvalue weighted by Gasteiger charge is 2.22. The summed E-state index contributed by atoms with van der Waals surface area (Å²) in [4.78, 5) is 12.4. The second-order valence-electron chi connectivity index (χ2n) is 4.93. The van der Waals surface area contributed by atoms with E-state index in [1.807, 2.05) is 24.3 Å². The molecule has 0 unspecified atom stereocenters. The summed E-state index contributed by atoms with van der Waals surface area (Å²) in [5.74, 6) is -0.403. The molecule has 7 heteroatoms. The zero-order valence-electron chi connectivity index (χ0n) is 12.4. The smallest absolute Gasteiger partial charge is 0.277 e. The van der Waals surface area contributed by atoms with Crippen molar-refractivity contribution in [2.75, 3.05) is 11.1 Å². The maximum Gasteiger partial charge on any atom is 0.277 e. The number of halogens is 1. The van der Waals surface area contributed by atoms with Gasteiger partial charge in [-0.25, -0.2) is 4.68 Å². The number of nitrogens with zero attached hydrogens (tertiary/aromatic N) is 3. The summed E-state index contributed by atoms with van der Waals surface area (Å²) in [5, 5.41) is 16.8. The predicted molar refractivity (Wildman–Crippen MR) is 92.1 cm³/mol. The van der Waals surface area contributed by atoms with Gasteiger partial charge in [0.1, 0.15) is 17.5 Å². The molecule has 6 nitrogen and oxygen atoms in total. The number of carbonyl (C=O) groups is 1. The van der Waals surface area contributed by atoms with Gasteiger partial charge >= 0.3 is 0 Å². The zero-order chi connectivity index (χ0) is 17.1. The Kier molecular flexibility index (Phi) is 4.18. The maximum atomic E-state index is 12.4. The van der Waals surface area contributed by atoms with Gasteiger partial charge in [-0.1, -0.05) is 29.8 Å². The summed E-state index contributed by atoms with van der Waals surface area (Å²) in [6.07, 6.45) is 0. The van der Waals surface area contributed by atoms with E-state index in [0.717, 1.165) is 0 Å². The van der Waals surface area contributed by atoms with Crippen molar-refractivity contribution in [3.8, 4) is 11.8 Å². The molecule has 1 heterocycles. The molecule has 0 radical (unpaired) electrons. The van der Waals surface area contributed by atoms with Crippen LogP contribution in [-0.2, 0) is 0 Å². The normalized spacial score (nSPS) is 10.2. The summed E-state index contributed by atoms with van der Waals surface area (Å²) < 4.78 is 1.37. The molecule has 0 saturated carbocycles. The lowest BCUT2D eigenvalue weighted by Crippen LogP contribution is -2.14. The molecule has 2 aromatic carbocycles. The largest absolute Gasteiger partial charge is 0.382 e. The number of hydrogen-bond donors (Lipinski definition) is 2. The van der Waals surface area contributed by atoms with Crippen LogP contribution in [0.4, 0.5) is 11.5 Å². The van der Waals surface area contributed by atoms with Crippen LogP contribution >= 0.6 is 11.6 Å². The van der Waals surface area contributed by atoms with E-state index >= 15 is 0 Å². The number of nitriles is 1. The van der Waals surface area contributed by atoms with Gasteiger partial charge in [-0.3, -0.25) is 4.79 Å². The lowest BCUT2D eigenvalue weighted by molar-refractivity contribution is 0.102. The average molecular weight is 338 g/mol. The third kappa shape index (κ3) is 2.93. The van der Waals surface area contributed by atoms with E-state index in [-0.39, 0.29) is 17.1 Å². The van der Waals surface area contributed by atoms with Gasteiger partial charge in [0.25, 0.3) is 5.91 Å². The van der Waals surface area contributed by atoms with Crippen molar-refractivity contribution in [1.29, 1.82) is 5.26 Å². The van der Waals surface area contributed by atoms with Gasteiger partial charge in [0.2, 0.25) is 0 Å². The van der Waals surface area contributed by atoms with Crippen LogP contribution < -0.4 is 11.1 Å². The van der Waals surface area contributed by atoms with Crippen LogP contribution in [0.25, 0.3) is 5.69 Å². The van der Waals surface area contributed by atoms with Crippen LogP contribution in [0.15, 0.2) is 54.6 Å². The summed E-state index contributed by atoms with van der Waals surface area (Å²) in [6.45, 7) is 0. The second-order valence-corrected chi connectivity index (χ2v) is 5.37. The lowest BCUT2D eigenvalue weighted by Gasteiger charge is -2.03. The quantitative estimate of drug-likeness (QED) is 0.766.